The number of amides is 1. The summed E-state index contributed by atoms with van der Waals surface area (Å²) in [4.78, 5) is 11.5. The van der Waals surface area contributed by atoms with Crippen LogP contribution in [0.3, 0.4) is 0 Å². The molecule has 0 saturated heterocycles. The van der Waals surface area contributed by atoms with Crippen molar-refractivity contribution in [2.45, 2.75) is 57.2 Å². The monoisotopic (exact) mass is 214 g/mol. The minimum absolute atomic E-state index is 0.0407. The molecule has 4 nitrogen and oxygen atoms in total. The van der Waals surface area contributed by atoms with Crippen LogP contribution in [0.4, 0.5) is 0 Å². The fourth-order valence-corrected chi connectivity index (χ4v) is 2.10. The van der Waals surface area contributed by atoms with Crippen LogP contribution in [0.5, 0.6) is 0 Å². The highest BCUT2D eigenvalue weighted by atomic mass is 16.5. The highest BCUT2D eigenvalue weighted by molar-refractivity contribution is 5.76. The molecule has 0 aromatic heterocycles. The van der Waals surface area contributed by atoms with Gasteiger partial charge in [-0.15, -0.1) is 0 Å². The summed E-state index contributed by atoms with van der Waals surface area (Å²) in [7, 11) is 1.71. The van der Waals surface area contributed by atoms with Crippen LogP contribution in [0, 0.1) is 0 Å². The van der Waals surface area contributed by atoms with E-state index in [1.807, 2.05) is 6.92 Å². The van der Waals surface area contributed by atoms with Gasteiger partial charge in [0.2, 0.25) is 5.91 Å². The van der Waals surface area contributed by atoms with Crippen molar-refractivity contribution in [1.29, 1.82) is 0 Å². The summed E-state index contributed by atoms with van der Waals surface area (Å²) < 4.78 is 5.36. The maximum Gasteiger partial charge on any atom is 0.221 e. The second-order valence-corrected chi connectivity index (χ2v) is 4.41. The Morgan fingerprint density at radius 1 is 1.53 bits per heavy atom. The number of hydrogen-bond donors (Lipinski definition) is 2. The van der Waals surface area contributed by atoms with Gasteiger partial charge in [-0.25, -0.2) is 0 Å². The molecule has 0 radical (unpaired) electrons. The van der Waals surface area contributed by atoms with Crippen LogP contribution in [0.1, 0.15) is 39.0 Å². The van der Waals surface area contributed by atoms with Gasteiger partial charge in [-0.1, -0.05) is 12.8 Å². The fourth-order valence-electron chi connectivity index (χ4n) is 2.10. The molecule has 3 unspecified atom stereocenters. The number of methoxy groups -OCH3 is 1. The number of carbonyl (C=O) groups is 1. The second-order valence-electron chi connectivity index (χ2n) is 4.41. The minimum Gasteiger partial charge on any atom is -0.379 e. The second kappa shape index (κ2) is 6.08. The summed E-state index contributed by atoms with van der Waals surface area (Å²) in [5.74, 6) is 0.0407. The summed E-state index contributed by atoms with van der Waals surface area (Å²) in [5, 5.41) is 3.01. The summed E-state index contributed by atoms with van der Waals surface area (Å²) in [6.45, 7) is 1.84. The van der Waals surface area contributed by atoms with Gasteiger partial charge in [0.1, 0.15) is 0 Å². The molecule has 0 bridgehead atoms. The van der Waals surface area contributed by atoms with E-state index >= 15 is 0 Å². The number of ether oxygens (including phenoxy) is 1. The average molecular weight is 214 g/mol. The molecule has 1 aliphatic rings. The zero-order valence-corrected chi connectivity index (χ0v) is 9.66. The van der Waals surface area contributed by atoms with E-state index in [-0.39, 0.29) is 24.1 Å². The molecule has 0 aromatic carbocycles. The Labute approximate surface area is 91.5 Å². The van der Waals surface area contributed by atoms with Gasteiger partial charge in [-0.2, -0.15) is 0 Å². The van der Waals surface area contributed by atoms with Crippen LogP contribution in [0.25, 0.3) is 0 Å². The van der Waals surface area contributed by atoms with Gasteiger partial charge in [0, 0.05) is 19.6 Å². The Bertz CT molecular complexity index is 207. The van der Waals surface area contributed by atoms with Crippen molar-refractivity contribution in [3.63, 3.8) is 0 Å². The third-order valence-electron chi connectivity index (χ3n) is 2.86. The molecule has 1 fully saturated rings. The summed E-state index contributed by atoms with van der Waals surface area (Å²) in [6, 6.07) is 0.101. The number of rotatable bonds is 4. The maximum absolute atomic E-state index is 11.5. The van der Waals surface area contributed by atoms with E-state index in [4.69, 9.17) is 10.5 Å². The Kier molecular flexibility index (Phi) is 5.05. The summed E-state index contributed by atoms with van der Waals surface area (Å²) in [6.07, 6.45) is 4.99. The fraction of sp³-hybridized carbons (Fsp3) is 0.909. The molecule has 15 heavy (non-hydrogen) atoms. The lowest BCUT2D eigenvalue weighted by Gasteiger charge is -2.31. The molecule has 0 aromatic rings. The first-order valence-corrected chi connectivity index (χ1v) is 5.71. The molecular weight excluding hydrogens is 192 g/mol. The quantitative estimate of drug-likeness (QED) is 0.727. The minimum atomic E-state index is -0.0745. The number of nitrogens with one attached hydrogen (secondary N) is 1. The van der Waals surface area contributed by atoms with Crippen LogP contribution in [-0.2, 0) is 9.53 Å². The Morgan fingerprint density at radius 3 is 2.80 bits per heavy atom. The van der Waals surface area contributed by atoms with Gasteiger partial charge in [0.15, 0.2) is 0 Å². The predicted molar refractivity (Wildman–Crippen MR) is 59.5 cm³/mol. The number of nitrogens with two attached hydrogens (primary N) is 1. The molecule has 1 aliphatic carbocycles. The van der Waals surface area contributed by atoms with Crippen molar-refractivity contribution in [3.8, 4) is 0 Å². The Balaban J connectivity index is 2.37. The smallest absolute Gasteiger partial charge is 0.221 e. The predicted octanol–water partition coefficient (Wildman–Crippen LogP) is 0.798. The van der Waals surface area contributed by atoms with E-state index < -0.39 is 0 Å². The normalized spacial score (nSPS) is 28.5. The lowest BCUT2D eigenvalue weighted by molar-refractivity contribution is -0.123. The zero-order chi connectivity index (χ0) is 11.3. The third kappa shape index (κ3) is 4.18. The summed E-state index contributed by atoms with van der Waals surface area (Å²) >= 11 is 0. The van der Waals surface area contributed by atoms with Crippen molar-refractivity contribution >= 4 is 5.91 Å². The zero-order valence-electron chi connectivity index (χ0n) is 9.66. The van der Waals surface area contributed by atoms with Crippen molar-refractivity contribution in [2.24, 2.45) is 5.73 Å². The molecule has 3 N–H and O–H groups in total. The van der Waals surface area contributed by atoms with Gasteiger partial charge >= 0.3 is 0 Å². The van der Waals surface area contributed by atoms with E-state index in [1.165, 1.54) is 12.8 Å². The molecule has 0 heterocycles. The first-order chi connectivity index (χ1) is 7.13. The van der Waals surface area contributed by atoms with Gasteiger partial charge in [0.25, 0.3) is 0 Å². The van der Waals surface area contributed by atoms with Gasteiger partial charge in [0.05, 0.1) is 12.1 Å². The lowest BCUT2D eigenvalue weighted by Crippen LogP contribution is -2.46. The van der Waals surface area contributed by atoms with E-state index in [2.05, 4.69) is 5.32 Å². The molecular formula is C11H22N2O2. The topological polar surface area (TPSA) is 64.3 Å². The van der Waals surface area contributed by atoms with Gasteiger partial charge in [-0.05, 0) is 19.8 Å². The van der Waals surface area contributed by atoms with E-state index in [0.29, 0.717) is 6.42 Å². The molecule has 0 aliphatic heterocycles. The van der Waals surface area contributed by atoms with Crippen molar-refractivity contribution < 1.29 is 9.53 Å². The highest BCUT2D eigenvalue weighted by Gasteiger charge is 2.26. The molecule has 4 heteroatoms. The molecule has 3 atom stereocenters. The lowest BCUT2D eigenvalue weighted by atomic mass is 9.92. The van der Waals surface area contributed by atoms with Crippen LogP contribution in [0.2, 0.25) is 0 Å². The van der Waals surface area contributed by atoms with Gasteiger partial charge in [-0.3, -0.25) is 4.79 Å². The summed E-state index contributed by atoms with van der Waals surface area (Å²) in [5.41, 5.74) is 5.57. The van der Waals surface area contributed by atoms with Crippen LogP contribution in [-0.4, -0.2) is 31.2 Å². The SMILES string of the molecule is COC1CCCCC1NC(=O)CC(C)N. The average Bonchev–Trinajstić information content (AvgIpc) is 2.17. The van der Waals surface area contributed by atoms with Crippen LogP contribution < -0.4 is 11.1 Å². The van der Waals surface area contributed by atoms with Gasteiger partial charge < -0.3 is 15.8 Å². The first kappa shape index (κ1) is 12.5. The van der Waals surface area contributed by atoms with E-state index in [1.54, 1.807) is 7.11 Å². The Morgan fingerprint density at radius 2 is 2.20 bits per heavy atom. The molecule has 0 spiro atoms. The van der Waals surface area contributed by atoms with Crippen molar-refractivity contribution in [1.82, 2.24) is 5.32 Å². The Hall–Kier alpha value is -0.610. The van der Waals surface area contributed by atoms with Crippen molar-refractivity contribution in [2.75, 3.05) is 7.11 Å². The molecule has 88 valence electrons. The molecule has 1 saturated carbocycles. The standard InChI is InChI=1S/C11H22N2O2/c1-8(12)7-11(14)13-9-5-3-4-6-10(9)15-2/h8-10H,3-7,12H2,1-2H3,(H,13,14). The third-order valence-corrected chi connectivity index (χ3v) is 2.86. The number of hydrogen-bond acceptors (Lipinski definition) is 3. The van der Waals surface area contributed by atoms with Crippen LogP contribution >= 0.6 is 0 Å². The van der Waals surface area contributed by atoms with E-state index in [0.717, 1.165) is 12.8 Å². The number of carbonyl (C=O) groups excluding carboxylic acids is 1. The maximum atomic E-state index is 11.5. The molecule has 1 rings (SSSR count). The highest BCUT2D eigenvalue weighted by Crippen LogP contribution is 2.20. The van der Waals surface area contributed by atoms with Crippen molar-refractivity contribution in [3.05, 3.63) is 0 Å². The first-order valence-electron chi connectivity index (χ1n) is 5.71. The van der Waals surface area contributed by atoms with Crippen LogP contribution in [0.15, 0.2) is 0 Å². The molecule has 1 amide bonds. The van der Waals surface area contributed by atoms with E-state index in [9.17, 15) is 4.79 Å². The largest absolute Gasteiger partial charge is 0.379 e.